The van der Waals surface area contributed by atoms with Crippen molar-refractivity contribution >= 4 is 99.2 Å². The largest absolute Gasteiger partial charge is 0.508 e. The number of amides is 2. The van der Waals surface area contributed by atoms with E-state index in [-0.39, 0.29) is 15.8 Å². The van der Waals surface area contributed by atoms with Gasteiger partial charge in [0, 0.05) is 51.1 Å². The minimum Gasteiger partial charge on any atom is -0.508 e. The number of nitrogens with one attached hydrogen (secondary N) is 4. The Hall–Kier alpha value is -5.05. The Kier molecular flexibility index (Phi) is 22.5. The van der Waals surface area contributed by atoms with E-state index >= 15 is 0 Å². The molecule has 27 nitrogen and oxygen atoms in total. The predicted octanol–water partition coefficient (Wildman–Crippen LogP) is -1.66. The highest BCUT2D eigenvalue weighted by Gasteiger charge is 2.62. The van der Waals surface area contributed by atoms with Gasteiger partial charge in [-0.15, -0.1) is 0 Å². The second kappa shape index (κ2) is 26.4. The lowest BCUT2D eigenvalue weighted by molar-refractivity contribution is -0.345. The lowest BCUT2D eigenvalue weighted by atomic mass is 9.74. The van der Waals surface area contributed by atoms with Crippen molar-refractivity contribution in [3.05, 3.63) is 11.3 Å². The number of hydrogen-bond donors (Lipinski definition) is 11. The number of rotatable bonds is 23. The van der Waals surface area contributed by atoms with Crippen molar-refractivity contribution in [3.63, 3.8) is 0 Å². The maximum absolute atomic E-state index is 14.7. The molecule has 0 radical (unpaired) electrons. The SMILES string of the molecule is COC1CC(OC2C(O)C(C3(O)CC(=O)C(=N)C(C(=O)O)=C3O)OC(COC(C)=O)C2OC(=O)C(NC(=S)SCC(NC(C)=O)C(=O)O)C(C)SCC(NC(C)=O)C(=O)O)OC(C)C1(O)C(C)OC(=O)C(C)C. The zero-order valence-corrected chi connectivity index (χ0v) is 43.5. The zero-order valence-electron chi connectivity index (χ0n) is 41.0. The summed E-state index contributed by atoms with van der Waals surface area (Å²) in [6, 6.07) is -4.65. The maximum Gasteiger partial charge on any atom is 0.341 e. The number of thioether (sulfide) groups is 2. The van der Waals surface area contributed by atoms with Crippen molar-refractivity contribution in [1.82, 2.24) is 16.0 Å². The molecule has 1 aliphatic carbocycles. The molecule has 0 aromatic heterocycles. The van der Waals surface area contributed by atoms with E-state index in [2.05, 4.69) is 16.0 Å². The van der Waals surface area contributed by atoms with E-state index in [0.29, 0.717) is 11.8 Å². The van der Waals surface area contributed by atoms with Crippen LogP contribution in [0.25, 0.3) is 0 Å². The van der Waals surface area contributed by atoms with Gasteiger partial charge in [-0.05, 0) is 13.8 Å². The third-order valence-corrected chi connectivity index (χ3v) is 14.5. The summed E-state index contributed by atoms with van der Waals surface area (Å²) in [5.74, 6) is -13.5. The third-order valence-electron chi connectivity index (χ3n) is 11.8. The van der Waals surface area contributed by atoms with Crippen molar-refractivity contribution in [2.24, 2.45) is 5.92 Å². The van der Waals surface area contributed by atoms with E-state index in [1.807, 2.05) is 0 Å². The number of hydrogen-bond acceptors (Lipinski definition) is 24. The van der Waals surface area contributed by atoms with Gasteiger partial charge in [-0.1, -0.05) is 44.8 Å². The number of aliphatic hydroxyl groups excluding tert-OH is 2. The van der Waals surface area contributed by atoms with E-state index in [1.54, 1.807) is 13.8 Å². The molecular weight excluding hydrogens is 1040 g/mol. The maximum atomic E-state index is 14.7. The smallest absolute Gasteiger partial charge is 0.341 e. The van der Waals surface area contributed by atoms with Crippen LogP contribution in [0.5, 0.6) is 0 Å². The zero-order chi connectivity index (χ0) is 55.6. The first-order chi connectivity index (χ1) is 33.8. The van der Waals surface area contributed by atoms with E-state index in [4.69, 9.17) is 50.8 Å². The molecule has 2 heterocycles. The van der Waals surface area contributed by atoms with E-state index in [1.165, 1.54) is 27.9 Å². The molecule has 3 aliphatic rings. The van der Waals surface area contributed by atoms with E-state index in [0.717, 1.165) is 32.5 Å². The van der Waals surface area contributed by atoms with Gasteiger partial charge < -0.3 is 84.9 Å². The molecule has 2 amide bonds. The van der Waals surface area contributed by atoms with Crippen LogP contribution in [0.2, 0.25) is 0 Å². The highest BCUT2D eigenvalue weighted by Crippen LogP contribution is 2.42. The molecule has 0 aromatic carbocycles. The molecule has 2 fully saturated rings. The van der Waals surface area contributed by atoms with E-state index in [9.17, 15) is 78.9 Å². The average molecular weight is 1100 g/mol. The highest BCUT2D eigenvalue weighted by molar-refractivity contribution is 8.23. The minimum atomic E-state index is -3.19. The Morgan fingerprint density at radius 1 is 0.890 bits per heavy atom. The number of thiocarbonyl (C=S) groups is 1. The summed E-state index contributed by atoms with van der Waals surface area (Å²) in [5, 5.41) is 91.2. The molecule has 0 spiro atoms. The Bertz CT molecular complexity index is 2180. The second-order valence-electron chi connectivity index (χ2n) is 17.5. The van der Waals surface area contributed by atoms with Gasteiger partial charge in [-0.3, -0.25) is 29.4 Å². The van der Waals surface area contributed by atoms with Gasteiger partial charge >= 0.3 is 35.8 Å². The summed E-state index contributed by atoms with van der Waals surface area (Å²) in [7, 11) is 1.20. The summed E-state index contributed by atoms with van der Waals surface area (Å²) in [5.41, 5.74) is -7.85. The molecule has 3 rings (SSSR count). The van der Waals surface area contributed by atoms with Gasteiger partial charge in [0.05, 0.1) is 24.5 Å². The standard InChI is InChI=1S/C43H62N4O23S3/c1-15(2)39(60)67-18(5)43(63)17(4)66-27(10-26(43)64-9)69-33-31(52)35(42(62)11-24(51)29(44)28(34(42)53)38(58)59)68-25(12-65-21(8)50)32(33)70-40(61)30(16(3)72-13-22(36(54)55)45-19(6)48)47-41(71)73-14-23(37(56)57)46-20(7)49/h15-18,22-23,25-27,30-33,35,44,52-53,62-63H,10-14H2,1-9H3,(H,45,48)(H,46,49)(H,47,71)(H,54,55)(H,56,57)(H,58,59). The van der Waals surface area contributed by atoms with Crippen LogP contribution < -0.4 is 16.0 Å². The first-order valence-electron chi connectivity index (χ1n) is 22.3. The van der Waals surface area contributed by atoms with Crippen molar-refractivity contribution in [1.29, 1.82) is 5.41 Å². The molecule has 15 atom stereocenters. The van der Waals surface area contributed by atoms with Crippen molar-refractivity contribution in [3.8, 4) is 0 Å². The number of ketones is 1. The molecule has 0 saturated carbocycles. The molecule has 2 saturated heterocycles. The number of Topliss-reactive ketones (excluding diaryl/α,β-unsaturated/α-hetero) is 1. The molecule has 11 N–H and O–H groups in total. The number of ether oxygens (including phenoxy) is 7. The second-order valence-corrected chi connectivity index (χ2v) is 20.7. The monoisotopic (exact) mass is 1100 g/mol. The number of esters is 3. The molecule has 0 aromatic rings. The fourth-order valence-corrected chi connectivity index (χ4v) is 10.1. The summed E-state index contributed by atoms with van der Waals surface area (Å²) in [6.07, 6.45) is -18.1. The van der Waals surface area contributed by atoms with Crippen LogP contribution in [0.3, 0.4) is 0 Å². The molecule has 410 valence electrons. The minimum absolute atomic E-state index is 0.269. The van der Waals surface area contributed by atoms with Gasteiger partial charge in [0.15, 0.2) is 29.4 Å². The molecule has 2 aliphatic heterocycles. The predicted molar refractivity (Wildman–Crippen MR) is 255 cm³/mol. The van der Waals surface area contributed by atoms with E-state index < -0.39 is 186 Å². The highest BCUT2D eigenvalue weighted by atomic mass is 32.2. The van der Waals surface area contributed by atoms with Crippen molar-refractivity contribution in [2.75, 3.05) is 25.2 Å². The number of carbonyl (C=O) groups is 9. The molecular formula is C43H62N4O23S3. The number of methoxy groups -OCH3 is 1. The van der Waals surface area contributed by atoms with Crippen LogP contribution >= 0.6 is 35.7 Å². The first-order valence-corrected chi connectivity index (χ1v) is 24.8. The van der Waals surface area contributed by atoms with Crippen LogP contribution in [0.4, 0.5) is 0 Å². The molecule has 15 unspecified atom stereocenters. The fourth-order valence-electron chi connectivity index (χ4n) is 7.94. The van der Waals surface area contributed by atoms with Crippen molar-refractivity contribution in [2.45, 2.75) is 158 Å². The molecule has 0 bridgehead atoms. The summed E-state index contributed by atoms with van der Waals surface area (Å²) in [6.45, 7) is 9.44. The van der Waals surface area contributed by atoms with Gasteiger partial charge in [0.25, 0.3) is 0 Å². The normalized spacial score (nSPS) is 29.4. The lowest BCUT2D eigenvalue weighted by Crippen LogP contribution is -2.70. The number of carbonyl (C=O) groups excluding carboxylic acids is 6. The Morgan fingerprint density at radius 3 is 1.97 bits per heavy atom. The lowest BCUT2D eigenvalue weighted by Gasteiger charge is -2.52. The van der Waals surface area contributed by atoms with Gasteiger partial charge in [0.1, 0.15) is 76.6 Å². The summed E-state index contributed by atoms with van der Waals surface area (Å²) < 4.78 is 40.6. The Morgan fingerprint density at radius 2 is 1.47 bits per heavy atom. The van der Waals surface area contributed by atoms with Gasteiger partial charge in [-0.25, -0.2) is 19.2 Å². The van der Waals surface area contributed by atoms with Crippen LogP contribution in [-0.4, -0.2) is 214 Å². The Balaban J connectivity index is 2.23. The third kappa shape index (κ3) is 15.5. The fraction of sp³-hybridized carbons (Fsp3) is 0.698. The number of aliphatic hydroxyl groups is 4. The van der Waals surface area contributed by atoms with Crippen LogP contribution in [0.1, 0.15) is 68.2 Å². The summed E-state index contributed by atoms with van der Waals surface area (Å²) in [4.78, 5) is 112. The quantitative estimate of drug-likeness (QED) is 0.0310. The average Bonchev–Trinajstić information content (AvgIpc) is 3.28. The number of carboxylic acid groups (broad SMARTS) is 3. The van der Waals surface area contributed by atoms with Crippen LogP contribution in [0, 0.1) is 11.3 Å². The first kappa shape index (κ1) is 62.2. The van der Waals surface area contributed by atoms with Gasteiger partial charge in [-0.2, -0.15) is 11.8 Å². The Labute approximate surface area is 431 Å². The number of carboxylic acids is 3. The van der Waals surface area contributed by atoms with Gasteiger partial charge in [0.2, 0.25) is 11.8 Å². The summed E-state index contributed by atoms with van der Waals surface area (Å²) >= 11 is 6.90. The molecule has 30 heteroatoms. The number of aliphatic carboxylic acids is 3. The van der Waals surface area contributed by atoms with Crippen LogP contribution in [0.15, 0.2) is 11.3 Å². The van der Waals surface area contributed by atoms with Crippen molar-refractivity contribution < 1.29 is 112 Å². The van der Waals surface area contributed by atoms with Crippen LogP contribution in [-0.2, 0) is 76.3 Å². The topological polar surface area (TPSA) is 420 Å². The molecule has 73 heavy (non-hydrogen) atoms.